The maximum atomic E-state index is 13.0. The van der Waals surface area contributed by atoms with Gasteiger partial charge in [-0.15, -0.1) is 0 Å². The van der Waals surface area contributed by atoms with Crippen LogP contribution in [0.15, 0.2) is 52.2 Å². The standard InChI is InChI=1S/C20H23N3O3S/c1-13-11-15(3)18(12-14(13)2)27(25,26)21-19-16(4)22(5)23(20(19)24)17-9-7-6-8-10-17/h6-12,21H,1-5H3. The maximum absolute atomic E-state index is 13.0. The summed E-state index contributed by atoms with van der Waals surface area (Å²) < 4.78 is 31.6. The summed E-state index contributed by atoms with van der Waals surface area (Å²) in [6.45, 7) is 7.27. The van der Waals surface area contributed by atoms with Gasteiger partial charge in [-0.05, 0) is 62.6 Å². The Labute approximate surface area is 159 Å². The molecule has 0 unspecified atom stereocenters. The Bertz CT molecular complexity index is 1170. The number of sulfonamides is 1. The summed E-state index contributed by atoms with van der Waals surface area (Å²) in [5.74, 6) is 0. The third kappa shape index (κ3) is 3.30. The van der Waals surface area contributed by atoms with E-state index in [9.17, 15) is 13.2 Å². The van der Waals surface area contributed by atoms with Crippen molar-refractivity contribution in [3.8, 4) is 5.69 Å². The van der Waals surface area contributed by atoms with Crippen LogP contribution >= 0.6 is 0 Å². The lowest BCUT2D eigenvalue weighted by Gasteiger charge is -2.12. The first-order chi connectivity index (χ1) is 12.6. The number of nitrogens with zero attached hydrogens (tertiary/aromatic N) is 2. The van der Waals surface area contributed by atoms with Crippen molar-refractivity contribution in [3.05, 3.63) is 75.2 Å². The summed E-state index contributed by atoms with van der Waals surface area (Å²) in [7, 11) is -2.17. The molecule has 142 valence electrons. The van der Waals surface area contributed by atoms with Crippen LogP contribution in [-0.4, -0.2) is 17.8 Å². The van der Waals surface area contributed by atoms with Gasteiger partial charge in [-0.25, -0.2) is 13.1 Å². The van der Waals surface area contributed by atoms with E-state index in [0.29, 0.717) is 16.9 Å². The van der Waals surface area contributed by atoms with E-state index >= 15 is 0 Å². The van der Waals surface area contributed by atoms with E-state index < -0.39 is 15.6 Å². The summed E-state index contributed by atoms with van der Waals surface area (Å²) in [5, 5.41) is 0. The van der Waals surface area contributed by atoms with Crippen molar-refractivity contribution in [2.75, 3.05) is 4.72 Å². The summed E-state index contributed by atoms with van der Waals surface area (Å²) in [6.07, 6.45) is 0. The third-order valence-electron chi connectivity index (χ3n) is 4.87. The van der Waals surface area contributed by atoms with Gasteiger partial charge < -0.3 is 0 Å². The van der Waals surface area contributed by atoms with Crippen molar-refractivity contribution >= 4 is 15.7 Å². The highest BCUT2D eigenvalue weighted by Crippen LogP contribution is 2.23. The molecule has 0 fully saturated rings. The molecule has 0 saturated carbocycles. The highest BCUT2D eigenvalue weighted by molar-refractivity contribution is 7.92. The fraction of sp³-hybridized carbons (Fsp3) is 0.250. The first-order valence-electron chi connectivity index (χ1n) is 8.58. The van der Waals surface area contributed by atoms with Crippen LogP contribution in [-0.2, 0) is 17.1 Å². The Morgan fingerprint density at radius 1 is 0.889 bits per heavy atom. The molecule has 0 saturated heterocycles. The molecular formula is C20H23N3O3S. The molecule has 7 heteroatoms. The van der Waals surface area contributed by atoms with Crippen LogP contribution in [0.4, 0.5) is 5.69 Å². The van der Waals surface area contributed by atoms with E-state index in [-0.39, 0.29) is 10.6 Å². The van der Waals surface area contributed by atoms with Gasteiger partial charge in [0, 0.05) is 7.05 Å². The fourth-order valence-electron chi connectivity index (χ4n) is 3.10. The van der Waals surface area contributed by atoms with Crippen LogP contribution < -0.4 is 10.3 Å². The van der Waals surface area contributed by atoms with Gasteiger partial charge in [0.1, 0.15) is 5.69 Å². The molecule has 3 aromatic rings. The topological polar surface area (TPSA) is 73.1 Å². The highest BCUT2D eigenvalue weighted by Gasteiger charge is 2.24. The molecule has 1 aromatic heterocycles. The lowest BCUT2D eigenvalue weighted by molar-refractivity contribution is 0.600. The number of aryl methyl sites for hydroxylation is 3. The number of aromatic nitrogens is 2. The molecular weight excluding hydrogens is 362 g/mol. The predicted octanol–water partition coefficient (Wildman–Crippen LogP) is 3.21. The van der Waals surface area contributed by atoms with Gasteiger partial charge in [-0.2, -0.15) is 0 Å². The van der Waals surface area contributed by atoms with Gasteiger partial charge in [0.05, 0.1) is 16.3 Å². The van der Waals surface area contributed by atoms with E-state index in [2.05, 4.69) is 4.72 Å². The number of hydrogen-bond donors (Lipinski definition) is 1. The lowest BCUT2D eigenvalue weighted by Crippen LogP contribution is -2.23. The monoisotopic (exact) mass is 385 g/mol. The molecule has 3 rings (SSSR count). The predicted molar refractivity (Wildman–Crippen MR) is 107 cm³/mol. The number of benzene rings is 2. The maximum Gasteiger partial charge on any atom is 0.296 e. The van der Waals surface area contributed by atoms with Gasteiger partial charge in [-0.3, -0.25) is 14.2 Å². The zero-order valence-corrected chi connectivity index (χ0v) is 16.9. The Morgan fingerprint density at radius 2 is 1.48 bits per heavy atom. The van der Waals surface area contributed by atoms with E-state index in [1.807, 2.05) is 38.1 Å². The Kier molecular flexibility index (Phi) is 4.73. The molecule has 0 bridgehead atoms. The fourth-order valence-corrected chi connectivity index (χ4v) is 4.53. The van der Waals surface area contributed by atoms with Crippen LogP contribution in [0.1, 0.15) is 22.4 Å². The van der Waals surface area contributed by atoms with E-state index in [1.165, 1.54) is 4.68 Å². The van der Waals surface area contributed by atoms with E-state index in [4.69, 9.17) is 0 Å². The number of nitrogens with one attached hydrogen (secondary N) is 1. The summed E-state index contributed by atoms with van der Waals surface area (Å²) in [5.41, 5.74) is 3.39. The van der Waals surface area contributed by atoms with Crippen molar-refractivity contribution in [1.29, 1.82) is 0 Å². The molecule has 0 atom stereocenters. The molecule has 6 nitrogen and oxygen atoms in total. The first-order valence-corrected chi connectivity index (χ1v) is 10.1. The van der Waals surface area contributed by atoms with Crippen molar-refractivity contribution in [3.63, 3.8) is 0 Å². The van der Waals surface area contributed by atoms with Crippen molar-refractivity contribution in [1.82, 2.24) is 9.36 Å². The van der Waals surface area contributed by atoms with Crippen molar-refractivity contribution in [2.45, 2.75) is 32.6 Å². The van der Waals surface area contributed by atoms with Gasteiger partial charge >= 0.3 is 0 Å². The molecule has 0 aliphatic heterocycles. The SMILES string of the molecule is Cc1cc(C)c(S(=O)(=O)Nc2c(C)n(C)n(-c3ccccc3)c2=O)cc1C. The molecule has 0 amide bonds. The summed E-state index contributed by atoms with van der Waals surface area (Å²) in [6, 6.07) is 12.6. The molecule has 1 N–H and O–H groups in total. The van der Waals surface area contributed by atoms with E-state index in [0.717, 1.165) is 11.1 Å². The van der Waals surface area contributed by atoms with Crippen LogP contribution in [0.3, 0.4) is 0 Å². The minimum Gasteiger partial charge on any atom is -0.283 e. The molecule has 27 heavy (non-hydrogen) atoms. The van der Waals surface area contributed by atoms with Gasteiger partial charge in [-0.1, -0.05) is 24.3 Å². The van der Waals surface area contributed by atoms with Crippen LogP contribution in [0.2, 0.25) is 0 Å². The number of hydrogen-bond acceptors (Lipinski definition) is 3. The normalized spacial score (nSPS) is 11.6. The van der Waals surface area contributed by atoms with Crippen LogP contribution in [0.5, 0.6) is 0 Å². The molecule has 1 heterocycles. The molecule has 0 spiro atoms. The Morgan fingerprint density at radius 3 is 2.11 bits per heavy atom. The Hall–Kier alpha value is -2.80. The second kappa shape index (κ2) is 6.74. The third-order valence-corrected chi connectivity index (χ3v) is 6.36. The zero-order valence-electron chi connectivity index (χ0n) is 16.1. The number of para-hydroxylation sites is 1. The van der Waals surface area contributed by atoms with E-state index in [1.54, 1.807) is 43.8 Å². The zero-order chi connectivity index (χ0) is 19.9. The average molecular weight is 385 g/mol. The lowest BCUT2D eigenvalue weighted by atomic mass is 10.1. The molecule has 0 radical (unpaired) electrons. The first kappa shape index (κ1) is 19.0. The van der Waals surface area contributed by atoms with Gasteiger partial charge in [0.25, 0.3) is 15.6 Å². The van der Waals surface area contributed by atoms with Crippen LogP contribution in [0.25, 0.3) is 5.69 Å². The van der Waals surface area contributed by atoms with Gasteiger partial charge in [0.2, 0.25) is 0 Å². The summed E-state index contributed by atoms with van der Waals surface area (Å²) >= 11 is 0. The highest BCUT2D eigenvalue weighted by atomic mass is 32.2. The number of anilines is 1. The number of rotatable bonds is 4. The molecule has 0 aliphatic rings. The summed E-state index contributed by atoms with van der Waals surface area (Å²) in [4.78, 5) is 13.1. The molecule has 2 aromatic carbocycles. The quantitative estimate of drug-likeness (QED) is 0.749. The van der Waals surface area contributed by atoms with Crippen molar-refractivity contribution in [2.24, 2.45) is 7.05 Å². The smallest absolute Gasteiger partial charge is 0.283 e. The second-order valence-corrected chi connectivity index (χ2v) is 8.39. The minimum absolute atomic E-state index is 0.0546. The minimum atomic E-state index is -3.89. The van der Waals surface area contributed by atoms with Gasteiger partial charge in [0.15, 0.2) is 0 Å². The largest absolute Gasteiger partial charge is 0.296 e. The second-order valence-electron chi connectivity index (χ2n) is 6.74. The van der Waals surface area contributed by atoms with Crippen LogP contribution in [0, 0.1) is 27.7 Å². The Balaban J connectivity index is 2.12. The average Bonchev–Trinajstić information content (AvgIpc) is 2.82. The van der Waals surface area contributed by atoms with Crippen molar-refractivity contribution < 1.29 is 8.42 Å². The molecule has 0 aliphatic carbocycles.